The maximum absolute atomic E-state index is 9.76. The van der Waals surface area contributed by atoms with Crippen LogP contribution < -0.4 is 9.47 Å². The van der Waals surface area contributed by atoms with Crippen LogP contribution in [0.5, 0.6) is 11.5 Å². The van der Waals surface area contributed by atoms with E-state index in [-0.39, 0.29) is 6.79 Å². The second kappa shape index (κ2) is 3.88. The van der Waals surface area contributed by atoms with Crippen LogP contribution in [-0.4, -0.2) is 11.9 Å². The highest BCUT2D eigenvalue weighted by atomic mass is 16.7. The summed E-state index contributed by atoms with van der Waals surface area (Å²) in [5.41, 5.74) is 0.899. The Balaban J connectivity index is 2.19. The zero-order valence-electron chi connectivity index (χ0n) is 8.19. The highest BCUT2D eigenvalue weighted by molar-refractivity contribution is 5.44. The lowest BCUT2D eigenvalue weighted by atomic mass is 10.0. The molecule has 1 atom stereocenters. The summed E-state index contributed by atoms with van der Waals surface area (Å²) in [6.45, 7) is 2.33. The lowest BCUT2D eigenvalue weighted by Gasteiger charge is -2.09. The molecule has 76 valence electrons. The molecule has 0 amide bonds. The quantitative estimate of drug-likeness (QED) is 0.802. The van der Waals surface area contributed by atoms with Crippen molar-refractivity contribution in [2.75, 3.05) is 6.79 Å². The highest BCUT2D eigenvalue weighted by Crippen LogP contribution is 2.34. The lowest BCUT2D eigenvalue weighted by Crippen LogP contribution is -1.96. The van der Waals surface area contributed by atoms with Gasteiger partial charge in [0.05, 0.1) is 6.10 Å². The Morgan fingerprint density at radius 1 is 1.36 bits per heavy atom. The van der Waals surface area contributed by atoms with Crippen LogP contribution in [0.25, 0.3) is 0 Å². The van der Waals surface area contributed by atoms with Crippen molar-refractivity contribution in [2.24, 2.45) is 0 Å². The minimum Gasteiger partial charge on any atom is -0.454 e. The molecule has 0 unspecified atom stereocenters. The van der Waals surface area contributed by atoms with E-state index in [0.29, 0.717) is 0 Å². The van der Waals surface area contributed by atoms with Gasteiger partial charge in [0, 0.05) is 0 Å². The topological polar surface area (TPSA) is 38.7 Å². The van der Waals surface area contributed by atoms with Gasteiger partial charge in [-0.25, -0.2) is 0 Å². The van der Waals surface area contributed by atoms with Gasteiger partial charge in [-0.2, -0.15) is 0 Å². The summed E-state index contributed by atoms with van der Waals surface area (Å²) in [5, 5.41) is 9.76. The number of benzene rings is 1. The molecule has 1 heterocycles. The molecule has 0 saturated heterocycles. The summed E-state index contributed by atoms with van der Waals surface area (Å²) >= 11 is 0. The molecule has 0 bridgehead atoms. The van der Waals surface area contributed by atoms with E-state index in [9.17, 15) is 5.11 Å². The van der Waals surface area contributed by atoms with Crippen LogP contribution in [-0.2, 0) is 0 Å². The Morgan fingerprint density at radius 2 is 2.14 bits per heavy atom. The molecule has 1 aromatic rings. The van der Waals surface area contributed by atoms with E-state index in [2.05, 4.69) is 6.92 Å². The molecule has 2 rings (SSSR count). The van der Waals surface area contributed by atoms with E-state index in [1.54, 1.807) is 0 Å². The third-order valence-electron chi connectivity index (χ3n) is 2.34. The second-order valence-electron chi connectivity index (χ2n) is 3.42. The zero-order valence-corrected chi connectivity index (χ0v) is 8.19. The van der Waals surface area contributed by atoms with E-state index in [4.69, 9.17) is 9.47 Å². The lowest BCUT2D eigenvalue weighted by molar-refractivity contribution is 0.164. The average Bonchev–Trinajstić information content (AvgIpc) is 2.64. The van der Waals surface area contributed by atoms with Gasteiger partial charge in [0.1, 0.15) is 0 Å². The Morgan fingerprint density at radius 3 is 2.93 bits per heavy atom. The van der Waals surface area contributed by atoms with Gasteiger partial charge in [-0.3, -0.25) is 0 Å². The molecule has 1 aromatic carbocycles. The third-order valence-corrected chi connectivity index (χ3v) is 2.34. The smallest absolute Gasteiger partial charge is 0.231 e. The van der Waals surface area contributed by atoms with Crippen molar-refractivity contribution < 1.29 is 14.6 Å². The van der Waals surface area contributed by atoms with Gasteiger partial charge in [-0.1, -0.05) is 19.4 Å². The number of ether oxygens (including phenoxy) is 2. The van der Waals surface area contributed by atoms with Crippen LogP contribution in [0.4, 0.5) is 0 Å². The van der Waals surface area contributed by atoms with Crippen molar-refractivity contribution in [2.45, 2.75) is 25.9 Å². The summed E-state index contributed by atoms with van der Waals surface area (Å²) in [7, 11) is 0. The average molecular weight is 194 g/mol. The molecular formula is C11H14O3. The van der Waals surface area contributed by atoms with Crippen molar-refractivity contribution in [1.29, 1.82) is 0 Å². The first-order valence-corrected chi connectivity index (χ1v) is 4.89. The zero-order chi connectivity index (χ0) is 9.97. The van der Waals surface area contributed by atoms with Crippen LogP contribution in [0.3, 0.4) is 0 Å². The molecule has 14 heavy (non-hydrogen) atoms. The van der Waals surface area contributed by atoms with Crippen molar-refractivity contribution >= 4 is 0 Å². The van der Waals surface area contributed by atoms with Gasteiger partial charge in [0.15, 0.2) is 11.5 Å². The summed E-state index contributed by atoms with van der Waals surface area (Å²) < 4.78 is 10.4. The van der Waals surface area contributed by atoms with Crippen molar-refractivity contribution in [3.8, 4) is 11.5 Å². The standard InChI is InChI=1S/C11H14O3/c1-2-3-9(12)8-4-5-10-11(6-8)14-7-13-10/h4-6,9,12H,2-3,7H2,1H3/t9-/m1/s1. The van der Waals surface area contributed by atoms with Crippen LogP contribution in [0.1, 0.15) is 31.4 Å². The van der Waals surface area contributed by atoms with Crippen molar-refractivity contribution in [1.82, 2.24) is 0 Å². The molecule has 0 spiro atoms. The fraction of sp³-hybridized carbons (Fsp3) is 0.455. The fourth-order valence-electron chi connectivity index (χ4n) is 1.56. The monoisotopic (exact) mass is 194 g/mol. The van der Waals surface area contributed by atoms with E-state index >= 15 is 0 Å². The summed E-state index contributed by atoms with van der Waals surface area (Å²) in [6, 6.07) is 5.58. The van der Waals surface area contributed by atoms with Gasteiger partial charge < -0.3 is 14.6 Å². The molecule has 1 aliphatic heterocycles. The number of hydrogen-bond acceptors (Lipinski definition) is 3. The normalized spacial score (nSPS) is 15.6. The maximum Gasteiger partial charge on any atom is 0.231 e. The summed E-state index contributed by atoms with van der Waals surface area (Å²) in [4.78, 5) is 0. The Kier molecular flexibility index (Phi) is 2.59. The van der Waals surface area contributed by atoms with Gasteiger partial charge in [0.2, 0.25) is 6.79 Å². The first-order chi connectivity index (χ1) is 6.81. The largest absolute Gasteiger partial charge is 0.454 e. The van der Waals surface area contributed by atoms with E-state index in [1.807, 2.05) is 18.2 Å². The minimum atomic E-state index is -0.394. The first kappa shape index (κ1) is 9.34. The number of hydrogen-bond donors (Lipinski definition) is 1. The Bertz CT molecular complexity index is 322. The Hall–Kier alpha value is -1.22. The number of fused-ring (bicyclic) bond motifs is 1. The van der Waals surface area contributed by atoms with Gasteiger partial charge in [-0.05, 0) is 24.1 Å². The van der Waals surface area contributed by atoms with Crippen LogP contribution in [0.2, 0.25) is 0 Å². The first-order valence-electron chi connectivity index (χ1n) is 4.89. The van der Waals surface area contributed by atoms with Crippen LogP contribution in [0.15, 0.2) is 18.2 Å². The molecular weight excluding hydrogens is 180 g/mol. The van der Waals surface area contributed by atoms with Crippen molar-refractivity contribution in [3.63, 3.8) is 0 Å². The predicted molar refractivity (Wildman–Crippen MR) is 52.4 cm³/mol. The molecule has 1 N–H and O–H groups in total. The SMILES string of the molecule is CCC[C@@H](O)c1ccc2c(c1)OCO2. The van der Waals surface area contributed by atoms with Gasteiger partial charge in [0.25, 0.3) is 0 Å². The van der Waals surface area contributed by atoms with Crippen molar-refractivity contribution in [3.05, 3.63) is 23.8 Å². The highest BCUT2D eigenvalue weighted by Gasteiger charge is 2.15. The third kappa shape index (κ3) is 1.68. The second-order valence-corrected chi connectivity index (χ2v) is 3.42. The fourth-order valence-corrected chi connectivity index (χ4v) is 1.56. The summed E-state index contributed by atoms with van der Waals surface area (Å²) in [5.74, 6) is 1.50. The van der Waals surface area contributed by atoms with E-state index in [0.717, 1.165) is 29.9 Å². The minimum absolute atomic E-state index is 0.280. The van der Waals surface area contributed by atoms with Gasteiger partial charge in [-0.15, -0.1) is 0 Å². The predicted octanol–water partition coefficient (Wildman–Crippen LogP) is 2.25. The van der Waals surface area contributed by atoms with E-state index < -0.39 is 6.10 Å². The molecule has 0 fully saturated rings. The molecule has 1 aliphatic rings. The molecule has 0 aliphatic carbocycles. The van der Waals surface area contributed by atoms with Crippen LogP contribution >= 0.6 is 0 Å². The molecule has 0 aromatic heterocycles. The molecule has 0 radical (unpaired) electrons. The number of rotatable bonds is 3. The number of aliphatic hydroxyl groups excluding tert-OH is 1. The van der Waals surface area contributed by atoms with Crippen LogP contribution in [0, 0.1) is 0 Å². The molecule has 3 heteroatoms. The van der Waals surface area contributed by atoms with Gasteiger partial charge >= 0.3 is 0 Å². The molecule has 0 saturated carbocycles. The number of aliphatic hydroxyl groups is 1. The Labute approximate surface area is 83.3 Å². The molecule has 3 nitrogen and oxygen atoms in total. The summed E-state index contributed by atoms with van der Waals surface area (Å²) in [6.07, 6.45) is 1.35. The maximum atomic E-state index is 9.76. The van der Waals surface area contributed by atoms with E-state index in [1.165, 1.54) is 0 Å².